The highest BCUT2D eigenvalue weighted by Crippen LogP contribution is 2.38. The minimum atomic E-state index is -0.711. The highest BCUT2D eigenvalue weighted by Gasteiger charge is 2.29. The van der Waals surface area contributed by atoms with E-state index >= 15 is 0 Å². The zero-order chi connectivity index (χ0) is 25.7. The van der Waals surface area contributed by atoms with Gasteiger partial charge in [-0.1, -0.05) is 23.7 Å². The lowest BCUT2D eigenvalue weighted by Crippen LogP contribution is -2.27. The number of aryl methyl sites for hydroxylation is 3. The smallest absolute Gasteiger partial charge is 0.316 e. The molecule has 0 N–H and O–H groups in total. The standard InChI is InChI=1S/C28H32ClN3O3/c1-16-30-24-23(32(16)7)15-22(26(33)31(5)6)21(25(24)35-27(34)28(2,3)4)12-10-17-8-9-18-14-19(29)11-13-20(17)18/h10-11,13-15H,8-9,12H2,1-7H3. The van der Waals surface area contributed by atoms with Crippen molar-refractivity contribution in [3.63, 3.8) is 0 Å². The number of halogens is 1. The Hall–Kier alpha value is -3.12. The van der Waals surface area contributed by atoms with E-state index in [2.05, 4.69) is 6.08 Å². The molecule has 7 heteroatoms. The fraction of sp³-hybridized carbons (Fsp3) is 0.393. The van der Waals surface area contributed by atoms with E-state index in [4.69, 9.17) is 21.3 Å². The molecule has 184 valence electrons. The van der Waals surface area contributed by atoms with Crippen LogP contribution in [0.15, 0.2) is 30.3 Å². The maximum atomic E-state index is 13.3. The predicted octanol–water partition coefficient (Wildman–Crippen LogP) is 5.76. The molecule has 0 fully saturated rings. The van der Waals surface area contributed by atoms with Crippen LogP contribution in [0.25, 0.3) is 16.6 Å². The molecule has 4 rings (SSSR count). The first-order valence-electron chi connectivity index (χ1n) is 11.8. The molecule has 0 saturated heterocycles. The number of carbonyl (C=O) groups is 2. The van der Waals surface area contributed by atoms with Gasteiger partial charge in [0.1, 0.15) is 11.3 Å². The van der Waals surface area contributed by atoms with Crippen LogP contribution in [0.2, 0.25) is 5.02 Å². The molecular weight excluding hydrogens is 462 g/mol. The zero-order valence-corrected chi connectivity index (χ0v) is 22.2. The van der Waals surface area contributed by atoms with Crippen molar-refractivity contribution in [2.75, 3.05) is 14.1 Å². The van der Waals surface area contributed by atoms with Crippen molar-refractivity contribution in [2.24, 2.45) is 12.5 Å². The first kappa shape index (κ1) is 25.0. The second kappa shape index (κ2) is 9.15. The molecule has 2 aromatic carbocycles. The van der Waals surface area contributed by atoms with Crippen LogP contribution in [0.5, 0.6) is 5.75 Å². The number of ether oxygens (including phenoxy) is 1. The Bertz CT molecular complexity index is 1380. The number of rotatable bonds is 4. The van der Waals surface area contributed by atoms with E-state index in [1.54, 1.807) is 19.0 Å². The molecule has 0 radical (unpaired) electrons. The number of imidazole rings is 1. The van der Waals surface area contributed by atoms with Crippen molar-refractivity contribution in [1.29, 1.82) is 0 Å². The van der Waals surface area contributed by atoms with Gasteiger partial charge in [0.15, 0.2) is 5.75 Å². The zero-order valence-electron chi connectivity index (χ0n) is 21.5. The number of hydrogen-bond acceptors (Lipinski definition) is 4. The van der Waals surface area contributed by atoms with Gasteiger partial charge in [0.25, 0.3) is 5.91 Å². The van der Waals surface area contributed by atoms with E-state index in [1.807, 2.05) is 63.6 Å². The van der Waals surface area contributed by atoms with Crippen molar-refractivity contribution in [2.45, 2.75) is 47.0 Å². The minimum absolute atomic E-state index is 0.147. The Balaban J connectivity index is 1.91. The van der Waals surface area contributed by atoms with Crippen LogP contribution in [0.4, 0.5) is 0 Å². The van der Waals surface area contributed by atoms with E-state index in [9.17, 15) is 9.59 Å². The predicted molar refractivity (Wildman–Crippen MR) is 140 cm³/mol. The van der Waals surface area contributed by atoms with Crippen LogP contribution in [-0.4, -0.2) is 40.4 Å². The number of esters is 1. The first-order chi connectivity index (χ1) is 16.4. The fourth-order valence-electron chi connectivity index (χ4n) is 4.36. The summed E-state index contributed by atoms with van der Waals surface area (Å²) in [4.78, 5) is 32.6. The SMILES string of the molecule is Cc1nc2c(OC(=O)C(C)(C)C)c(CC=C3CCc4cc(Cl)ccc43)c(C(=O)N(C)C)cc2n1C. The van der Waals surface area contributed by atoms with Crippen LogP contribution in [0.3, 0.4) is 0 Å². The molecular formula is C28H32ClN3O3. The second-order valence-electron chi connectivity index (χ2n) is 10.4. The average Bonchev–Trinajstić information content (AvgIpc) is 3.31. The van der Waals surface area contributed by atoms with Crippen molar-refractivity contribution in [3.05, 3.63) is 63.4 Å². The lowest BCUT2D eigenvalue weighted by molar-refractivity contribution is -0.142. The van der Waals surface area contributed by atoms with Crippen LogP contribution in [-0.2, 0) is 24.7 Å². The maximum absolute atomic E-state index is 13.3. The molecule has 0 aliphatic heterocycles. The number of allylic oxidation sites excluding steroid dienone is 2. The summed E-state index contributed by atoms with van der Waals surface area (Å²) in [5.74, 6) is 0.619. The van der Waals surface area contributed by atoms with Gasteiger partial charge in [-0.25, -0.2) is 4.98 Å². The summed E-state index contributed by atoms with van der Waals surface area (Å²) >= 11 is 6.19. The van der Waals surface area contributed by atoms with Gasteiger partial charge in [0.05, 0.1) is 10.9 Å². The number of amides is 1. The molecule has 6 nitrogen and oxygen atoms in total. The monoisotopic (exact) mass is 493 g/mol. The highest BCUT2D eigenvalue weighted by atomic mass is 35.5. The van der Waals surface area contributed by atoms with Crippen LogP contribution < -0.4 is 4.74 Å². The summed E-state index contributed by atoms with van der Waals surface area (Å²) in [5.41, 5.74) is 5.41. The Morgan fingerprint density at radius 2 is 1.91 bits per heavy atom. The molecule has 1 aliphatic carbocycles. The average molecular weight is 494 g/mol. The topological polar surface area (TPSA) is 64.4 Å². The highest BCUT2D eigenvalue weighted by molar-refractivity contribution is 6.30. The largest absolute Gasteiger partial charge is 0.423 e. The van der Waals surface area contributed by atoms with Crippen molar-refractivity contribution < 1.29 is 14.3 Å². The molecule has 1 amide bonds. The minimum Gasteiger partial charge on any atom is -0.423 e. The lowest BCUT2D eigenvalue weighted by Gasteiger charge is -2.21. The molecule has 0 bridgehead atoms. The number of fused-ring (bicyclic) bond motifs is 2. The normalized spacial score (nSPS) is 14.5. The van der Waals surface area contributed by atoms with Gasteiger partial charge in [-0.05, 0) is 81.9 Å². The van der Waals surface area contributed by atoms with Crippen molar-refractivity contribution >= 4 is 40.1 Å². The van der Waals surface area contributed by atoms with E-state index in [0.717, 1.165) is 29.2 Å². The molecule has 0 spiro atoms. The summed E-state index contributed by atoms with van der Waals surface area (Å²) in [6, 6.07) is 7.83. The van der Waals surface area contributed by atoms with Gasteiger partial charge >= 0.3 is 5.97 Å². The van der Waals surface area contributed by atoms with E-state index < -0.39 is 5.41 Å². The first-order valence-corrected chi connectivity index (χ1v) is 12.2. The fourth-order valence-corrected chi connectivity index (χ4v) is 4.56. The van der Waals surface area contributed by atoms with Crippen molar-refractivity contribution in [1.82, 2.24) is 14.5 Å². The van der Waals surface area contributed by atoms with E-state index in [1.165, 1.54) is 16.7 Å². The summed E-state index contributed by atoms with van der Waals surface area (Å²) in [5, 5.41) is 0.733. The molecule has 3 aromatic rings. The van der Waals surface area contributed by atoms with Crippen molar-refractivity contribution in [3.8, 4) is 5.75 Å². The van der Waals surface area contributed by atoms with E-state index in [-0.39, 0.29) is 11.9 Å². The third-order valence-electron chi connectivity index (χ3n) is 6.53. The quantitative estimate of drug-likeness (QED) is 0.342. The number of carbonyl (C=O) groups excluding carboxylic acids is 2. The van der Waals surface area contributed by atoms with Gasteiger partial charge < -0.3 is 14.2 Å². The molecule has 1 heterocycles. The van der Waals surface area contributed by atoms with Gasteiger partial charge in [-0.15, -0.1) is 0 Å². The third kappa shape index (κ3) is 4.72. The molecule has 1 aromatic heterocycles. The van der Waals surface area contributed by atoms with Gasteiger partial charge in [-0.3, -0.25) is 9.59 Å². The molecule has 35 heavy (non-hydrogen) atoms. The number of benzene rings is 2. The summed E-state index contributed by atoms with van der Waals surface area (Å²) in [7, 11) is 5.34. The van der Waals surface area contributed by atoms with Gasteiger partial charge in [0, 0.05) is 37.3 Å². The number of hydrogen-bond donors (Lipinski definition) is 0. The summed E-state index contributed by atoms with van der Waals surface area (Å²) in [6.45, 7) is 7.33. The van der Waals surface area contributed by atoms with Crippen LogP contribution in [0, 0.1) is 12.3 Å². The molecule has 1 aliphatic rings. The lowest BCUT2D eigenvalue weighted by atomic mass is 9.96. The van der Waals surface area contributed by atoms with Gasteiger partial charge in [-0.2, -0.15) is 0 Å². The Morgan fingerprint density at radius 1 is 1.20 bits per heavy atom. The van der Waals surface area contributed by atoms with Gasteiger partial charge in [0.2, 0.25) is 0 Å². The number of nitrogens with zero attached hydrogens (tertiary/aromatic N) is 3. The molecule has 0 atom stereocenters. The van der Waals surface area contributed by atoms with Crippen LogP contribution >= 0.6 is 11.6 Å². The summed E-state index contributed by atoms with van der Waals surface area (Å²) < 4.78 is 7.94. The van der Waals surface area contributed by atoms with E-state index in [0.29, 0.717) is 28.8 Å². The third-order valence-corrected chi connectivity index (χ3v) is 6.77. The van der Waals surface area contributed by atoms with Crippen LogP contribution in [0.1, 0.15) is 60.1 Å². The Morgan fingerprint density at radius 3 is 2.57 bits per heavy atom. The maximum Gasteiger partial charge on any atom is 0.316 e. The Kier molecular flexibility index (Phi) is 6.54. The Labute approximate surface area is 211 Å². The molecule has 0 saturated carbocycles. The summed E-state index contributed by atoms with van der Waals surface area (Å²) in [6.07, 6.45) is 4.40. The second-order valence-corrected chi connectivity index (χ2v) is 10.8. The number of aromatic nitrogens is 2. The molecule has 0 unspecified atom stereocenters.